The van der Waals surface area contributed by atoms with Crippen molar-refractivity contribution in [2.45, 2.75) is 37.9 Å². The highest BCUT2D eigenvalue weighted by atomic mass is 16.6. The Balaban J connectivity index is 1.20. The van der Waals surface area contributed by atoms with Crippen LogP contribution in [-0.2, 0) is 9.47 Å². The van der Waals surface area contributed by atoms with E-state index in [0.29, 0.717) is 23.0 Å². The van der Waals surface area contributed by atoms with E-state index in [1.165, 1.54) is 19.3 Å². The third-order valence-corrected chi connectivity index (χ3v) is 8.94. The molecular weight excluding hydrogens is 448 g/mol. The normalized spacial score (nSPS) is 28.3. The summed E-state index contributed by atoms with van der Waals surface area (Å²) in [5, 5.41) is 3.79. The minimum absolute atomic E-state index is 0.256. The molecule has 0 N–H and O–H groups in total. The minimum Gasteiger partial charge on any atom is -0.454 e. The van der Waals surface area contributed by atoms with Crippen LogP contribution in [0, 0.1) is 23.7 Å². The Kier molecular flexibility index (Phi) is 5.09. The van der Waals surface area contributed by atoms with E-state index < -0.39 is 12.2 Å². The molecule has 180 valence electrons. The zero-order valence-corrected chi connectivity index (χ0v) is 20.0. The molecule has 0 aliphatic heterocycles. The van der Waals surface area contributed by atoms with Crippen LogP contribution in [0.5, 0.6) is 0 Å². The van der Waals surface area contributed by atoms with Gasteiger partial charge in [0.2, 0.25) is 0 Å². The van der Waals surface area contributed by atoms with E-state index >= 15 is 0 Å². The van der Waals surface area contributed by atoms with E-state index in [2.05, 4.69) is 0 Å². The lowest BCUT2D eigenvalue weighted by Gasteiger charge is -2.37. The van der Waals surface area contributed by atoms with Crippen molar-refractivity contribution in [3.8, 4) is 0 Å². The van der Waals surface area contributed by atoms with Gasteiger partial charge in [0.05, 0.1) is 11.1 Å². The van der Waals surface area contributed by atoms with Crippen LogP contribution < -0.4 is 0 Å². The molecule has 36 heavy (non-hydrogen) atoms. The topological polar surface area (TPSA) is 52.6 Å². The van der Waals surface area contributed by atoms with E-state index in [1.54, 1.807) is 0 Å². The fraction of sp³-hybridized carbons (Fsp3) is 0.312. The standard InChI is InChI=1S/C32H28O4/c33-31(25-16-5-10-19-8-1-3-12-21(19)25)35-29-27-18-28(24-15-7-14-23(24)27)30(29)36-32(34)26-17-6-11-20-9-2-4-13-22(20)26/h1-6,8-13,16-17,23-24,27-30H,7,14-15,18H2/t23?,24?,27-,28?,29?,30?/m1/s1. The van der Waals surface area contributed by atoms with E-state index in [0.717, 1.165) is 28.0 Å². The highest BCUT2D eigenvalue weighted by Crippen LogP contribution is 2.60. The Morgan fingerprint density at radius 1 is 0.556 bits per heavy atom. The number of rotatable bonds is 4. The largest absolute Gasteiger partial charge is 0.454 e. The zero-order valence-electron chi connectivity index (χ0n) is 20.0. The van der Waals surface area contributed by atoms with Gasteiger partial charge in [0, 0.05) is 11.8 Å². The molecule has 4 aromatic rings. The molecule has 3 saturated carbocycles. The predicted molar refractivity (Wildman–Crippen MR) is 139 cm³/mol. The SMILES string of the molecule is O=C(OC1C2C[C@H](C3CCCC23)C1OC(=O)c1cccc2ccccc12)c1cccc2ccccc12. The summed E-state index contributed by atoms with van der Waals surface area (Å²) in [5.74, 6) is 0.981. The molecule has 3 aliphatic rings. The highest BCUT2D eigenvalue weighted by Gasteiger charge is 2.62. The first kappa shape index (κ1) is 21.6. The van der Waals surface area contributed by atoms with Gasteiger partial charge >= 0.3 is 11.9 Å². The lowest BCUT2D eigenvalue weighted by atomic mass is 9.78. The quantitative estimate of drug-likeness (QED) is 0.304. The molecule has 3 aliphatic carbocycles. The summed E-state index contributed by atoms with van der Waals surface area (Å²) in [6, 6.07) is 27.2. The predicted octanol–water partition coefficient (Wildman–Crippen LogP) is 6.81. The Morgan fingerprint density at radius 2 is 1.00 bits per heavy atom. The number of fused-ring (bicyclic) bond motifs is 7. The van der Waals surface area contributed by atoms with Crippen molar-refractivity contribution in [2.24, 2.45) is 23.7 Å². The summed E-state index contributed by atoms with van der Waals surface area (Å²) < 4.78 is 12.5. The Bertz CT molecular complexity index is 1370. The van der Waals surface area contributed by atoms with Crippen molar-refractivity contribution >= 4 is 33.5 Å². The maximum Gasteiger partial charge on any atom is 0.339 e. The van der Waals surface area contributed by atoms with Crippen LogP contribution in [0.25, 0.3) is 21.5 Å². The molecular formula is C32H28O4. The van der Waals surface area contributed by atoms with Gasteiger partial charge < -0.3 is 9.47 Å². The molecule has 0 aromatic heterocycles. The van der Waals surface area contributed by atoms with Crippen LogP contribution in [0.15, 0.2) is 84.9 Å². The van der Waals surface area contributed by atoms with Crippen molar-refractivity contribution in [2.75, 3.05) is 0 Å². The van der Waals surface area contributed by atoms with Gasteiger partial charge in [0.15, 0.2) is 0 Å². The summed E-state index contributed by atoms with van der Waals surface area (Å²) in [4.78, 5) is 27.0. The first-order valence-electron chi connectivity index (χ1n) is 13.1. The van der Waals surface area contributed by atoms with Crippen molar-refractivity contribution in [3.63, 3.8) is 0 Å². The fourth-order valence-corrected chi connectivity index (χ4v) is 7.48. The fourth-order valence-electron chi connectivity index (χ4n) is 7.48. The first-order valence-corrected chi connectivity index (χ1v) is 13.1. The number of ether oxygens (including phenoxy) is 2. The lowest BCUT2D eigenvalue weighted by molar-refractivity contribution is -0.0765. The maximum atomic E-state index is 13.5. The monoisotopic (exact) mass is 476 g/mol. The van der Waals surface area contributed by atoms with Crippen molar-refractivity contribution in [1.29, 1.82) is 0 Å². The van der Waals surface area contributed by atoms with E-state index in [4.69, 9.17) is 9.47 Å². The third kappa shape index (κ3) is 3.35. The highest BCUT2D eigenvalue weighted by molar-refractivity contribution is 6.05. The molecule has 0 radical (unpaired) electrons. The summed E-state index contributed by atoms with van der Waals surface area (Å²) in [7, 11) is 0. The van der Waals surface area contributed by atoms with E-state index in [-0.39, 0.29) is 23.8 Å². The van der Waals surface area contributed by atoms with Crippen molar-refractivity contribution in [3.05, 3.63) is 96.1 Å². The molecule has 7 rings (SSSR count). The zero-order chi connectivity index (χ0) is 24.2. The molecule has 4 heteroatoms. The molecule has 5 unspecified atom stereocenters. The number of esters is 2. The number of carbonyl (C=O) groups excluding carboxylic acids is 2. The Labute approximate surface area is 210 Å². The number of carbonyl (C=O) groups is 2. The van der Waals surface area contributed by atoms with Gasteiger partial charge in [-0.05, 0) is 64.8 Å². The smallest absolute Gasteiger partial charge is 0.339 e. The van der Waals surface area contributed by atoms with Gasteiger partial charge in [-0.3, -0.25) is 0 Å². The minimum atomic E-state index is -0.403. The average molecular weight is 477 g/mol. The van der Waals surface area contributed by atoms with Crippen LogP contribution in [0.1, 0.15) is 46.4 Å². The molecule has 0 saturated heterocycles. The molecule has 2 bridgehead atoms. The van der Waals surface area contributed by atoms with Crippen LogP contribution in [0.2, 0.25) is 0 Å². The Hall–Kier alpha value is -3.66. The molecule has 0 amide bonds. The van der Waals surface area contributed by atoms with Crippen LogP contribution in [0.4, 0.5) is 0 Å². The van der Waals surface area contributed by atoms with Gasteiger partial charge in [0.1, 0.15) is 12.2 Å². The molecule has 3 fully saturated rings. The maximum absolute atomic E-state index is 13.5. The van der Waals surface area contributed by atoms with Crippen molar-refractivity contribution < 1.29 is 19.1 Å². The number of hydrogen-bond donors (Lipinski definition) is 0. The lowest BCUT2D eigenvalue weighted by Crippen LogP contribution is -2.45. The molecule has 6 atom stereocenters. The van der Waals surface area contributed by atoms with Gasteiger partial charge in [-0.1, -0.05) is 79.2 Å². The van der Waals surface area contributed by atoms with Gasteiger partial charge in [-0.25, -0.2) is 9.59 Å². The summed E-state index contributed by atoms with van der Waals surface area (Å²) in [6.45, 7) is 0. The Morgan fingerprint density at radius 3 is 1.50 bits per heavy atom. The first-order chi connectivity index (χ1) is 17.7. The van der Waals surface area contributed by atoms with Gasteiger partial charge in [-0.15, -0.1) is 0 Å². The van der Waals surface area contributed by atoms with Crippen molar-refractivity contribution in [1.82, 2.24) is 0 Å². The van der Waals surface area contributed by atoms with E-state index in [9.17, 15) is 9.59 Å². The third-order valence-electron chi connectivity index (χ3n) is 8.94. The molecule has 4 aromatic carbocycles. The second-order valence-corrected chi connectivity index (χ2v) is 10.6. The number of benzene rings is 4. The summed E-state index contributed by atoms with van der Waals surface area (Å²) in [5.41, 5.74) is 1.14. The molecule has 0 heterocycles. The summed E-state index contributed by atoms with van der Waals surface area (Å²) in [6.07, 6.45) is 3.72. The van der Waals surface area contributed by atoms with Gasteiger partial charge in [0.25, 0.3) is 0 Å². The second-order valence-electron chi connectivity index (χ2n) is 10.6. The molecule has 0 spiro atoms. The number of hydrogen-bond acceptors (Lipinski definition) is 4. The van der Waals surface area contributed by atoms with Crippen LogP contribution in [0.3, 0.4) is 0 Å². The second kappa shape index (κ2) is 8.48. The van der Waals surface area contributed by atoms with Crippen LogP contribution in [-0.4, -0.2) is 24.1 Å². The average Bonchev–Trinajstić information content (AvgIpc) is 3.62. The summed E-state index contributed by atoms with van der Waals surface area (Å²) >= 11 is 0. The van der Waals surface area contributed by atoms with Gasteiger partial charge in [-0.2, -0.15) is 0 Å². The van der Waals surface area contributed by atoms with E-state index in [1.807, 2.05) is 84.9 Å². The van der Waals surface area contributed by atoms with Crippen LogP contribution >= 0.6 is 0 Å². The molecule has 4 nitrogen and oxygen atoms in total.